The highest BCUT2D eigenvalue weighted by Gasteiger charge is 2.34. The lowest BCUT2D eigenvalue weighted by Gasteiger charge is -2.35. The largest absolute Gasteiger partial charge is 0.325 e. The van der Waals surface area contributed by atoms with Gasteiger partial charge in [0.1, 0.15) is 0 Å². The van der Waals surface area contributed by atoms with Crippen molar-refractivity contribution in [1.82, 2.24) is 4.31 Å². The number of rotatable bonds is 3. The number of benzene rings is 1. The Morgan fingerprint density at radius 3 is 2.59 bits per heavy atom. The van der Waals surface area contributed by atoms with E-state index < -0.39 is 10.0 Å². The molecule has 0 aliphatic carbocycles. The number of nitrogens with zero attached hydrogens (tertiary/aromatic N) is 1. The Kier molecular flexibility index (Phi) is 3.03. The van der Waals surface area contributed by atoms with Crippen LogP contribution >= 0.6 is 0 Å². The van der Waals surface area contributed by atoms with Crippen molar-refractivity contribution in [1.29, 1.82) is 0 Å². The van der Waals surface area contributed by atoms with E-state index in [1.807, 2.05) is 0 Å². The van der Waals surface area contributed by atoms with Gasteiger partial charge >= 0.3 is 0 Å². The van der Waals surface area contributed by atoms with Gasteiger partial charge in [0.15, 0.2) is 5.78 Å². The predicted molar refractivity (Wildman–Crippen MR) is 63.2 cm³/mol. The molecule has 0 saturated carbocycles. The van der Waals surface area contributed by atoms with Crippen molar-refractivity contribution < 1.29 is 13.2 Å². The number of nitrogens with two attached hydrogens (primary N) is 1. The van der Waals surface area contributed by atoms with Gasteiger partial charge < -0.3 is 5.73 Å². The minimum atomic E-state index is -3.49. The second kappa shape index (κ2) is 4.21. The molecule has 5 nitrogen and oxygen atoms in total. The van der Waals surface area contributed by atoms with Crippen LogP contribution in [0.4, 0.5) is 0 Å². The molecule has 0 bridgehead atoms. The number of ketones is 1. The zero-order chi connectivity index (χ0) is 12.6. The van der Waals surface area contributed by atoms with Gasteiger partial charge in [0.25, 0.3) is 0 Å². The second-order valence-corrected chi connectivity index (χ2v) is 6.10. The van der Waals surface area contributed by atoms with E-state index in [-0.39, 0.29) is 16.7 Å². The first kappa shape index (κ1) is 12.2. The molecule has 1 aliphatic heterocycles. The minimum Gasteiger partial charge on any atom is -0.325 e. The van der Waals surface area contributed by atoms with Gasteiger partial charge in [0.05, 0.1) is 4.90 Å². The number of Topliss-reactive ketones (excluding diaryl/α,β-unsaturated/α-hetero) is 1. The molecule has 0 unspecified atom stereocenters. The van der Waals surface area contributed by atoms with Gasteiger partial charge in [0, 0.05) is 24.7 Å². The lowest BCUT2D eigenvalue weighted by atomic mass is 10.2. The van der Waals surface area contributed by atoms with E-state index in [9.17, 15) is 13.2 Å². The maximum absolute atomic E-state index is 12.1. The molecule has 0 radical (unpaired) electrons. The van der Waals surface area contributed by atoms with Crippen LogP contribution in [0.2, 0.25) is 0 Å². The summed E-state index contributed by atoms with van der Waals surface area (Å²) in [6, 6.07) is 5.99. The average Bonchev–Trinajstić information content (AvgIpc) is 2.25. The molecule has 1 aliphatic rings. The van der Waals surface area contributed by atoms with Gasteiger partial charge in [-0.25, -0.2) is 8.42 Å². The van der Waals surface area contributed by atoms with E-state index in [4.69, 9.17) is 5.73 Å². The summed E-state index contributed by atoms with van der Waals surface area (Å²) in [7, 11) is -3.49. The van der Waals surface area contributed by atoms with Gasteiger partial charge in [0.2, 0.25) is 10.0 Å². The third kappa shape index (κ3) is 2.24. The van der Waals surface area contributed by atoms with Crippen LogP contribution in [0.15, 0.2) is 29.2 Å². The molecule has 1 heterocycles. The van der Waals surface area contributed by atoms with Crippen molar-refractivity contribution in [3.63, 3.8) is 0 Å². The van der Waals surface area contributed by atoms with Crippen molar-refractivity contribution >= 4 is 15.8 Å². The third-order valence-corrected chi connectivity index (χ3v) is 4.58. The normalized spacial score (nSPS) is 17.8. The van der Waals surface area contributed by atoms with E-state index in [1.165, 1.54) is 23.4 Å². The molecule has 2 rings (SSSR count). The molecule has 17 heavy (non-hydrogen) atoms. The van der Waals surface area contributed by atoms with Crippen LogP contribution < -0.4 is 5.73 Å². The second-order valence-electron chi connectivity index (χ2n) is 4.17. The molecule has 2 N–H and O–H groups in total. The zero-order valence-electron chi connectivity index (χ0n) is 9.46. The standard InChI is InChI=1S/C11H14N2O3S/c1-8(14)9-3-2-4-11(5-9)17(15,16)13-6-10(12)7-13/h2-5,10H,6-7,12H2,1H3. The smallest absolute Gasteiger partial charge is 0.243 e. The van der Waals surface area contributed by atoms with Crippen LogP contribution in [0.3, 0.4) is 0 Å². The van der Waals surface area contributed by atoms with Gasteiger partial charge in [-0.05, 0) is 19.1 Å². The van der Waals surface area contributed by atoms with Crippen molar-refractivity contribution in [3.8, 4) is 0 Å². The molecule has 1 saturated heterocycles. The van der Waals surface area contributed by atoms with Crippen LogP contribution in [0, 0.1) is 0 Å². The fraction of sp³-hybridized carbons (Fsp3) is 0.364. The first-order valence-electron chi connectivity index (χ1n) is 5.28. The van der Waals surface area contributed by atoms with Crippen LogP contribution in [0.5, 0.6) is 0 Å². The third-order valence-electron chi connectivity index (χ3n) is 2.75. The number of sulfonamides is 1. The topological polar surface area (TPSA) is 80.5 Å². The minimum absolute atomic E-state index is 0.0826. The number of hydrogen-bond donors (Lipinski definition) is 1. The summed E-state index contributed by atoms with van der Waals surface area (Å²) in [4.78, 5) is 11.4. The van der Waals surface area contributed by atoms with Gasteiger partial charge in [-0.15, -0.1) is 0 Å². The Balaban J connectivity index is 2.33. The maximum Gasteiger partial charge on any atom is 0.243 e. The summed E-state index contributed by atoms with van der Waals surface area (Å²) in [5, 5.41) is 0. The molecule has 1 fully saturated rings. The Morgan fingerprint density at radius 1 is 1.41 bits per heavy atom. The summed E-state index contributed by atoms with van der Waals surface area (Å²) in [5.74, 6) is -0.151. The molecule has 0 amide bonds. The van der Waals surface area contributed by atoms with Crippen molar-refractivity contribution in [3.05, 3.63) is 29.8 Å². The van der Waals surface area contributed by atoms with Gasteiger partial charge in [-0.3, -0.25) is 4.79 Å². The lowest BCUT2D eigenvalue weighted by Crippen LogP contribution is -2.57. The Hall–Kier alpha value is -1.24. The molecule has 0 atom stereocenters. The molecule has 6 heteroatoms. The number of hydrogen-bond acceptors (Lipinski definition) is 4. The van der Waals surface area contributed by atoms with E-state index >= 15 is 0 Å². The number of carbonyl (C=O) groups excluding carboxylic acids is 1. The van der Waals surface area contributed by atoms with Gasteiger partial charge in [-0.1, -0.05) is 12.1 Å². The molecule has 1 aromatic rings. The maximum atomic E-state index is 12.1. The SMILES string of the molecule is CC(=O)c1cccc(S(=O)(=O)N2CC(N)C2)c1. The van der Waals surface area contributed by atoms with E-state index in [1.54, 1.807) is 12.1 Å². The van der Waals surface area contributed by atoms with E-state index in [0.717, 1.165) is 0 Å². The fourth-order valence-electron chi connectivity index (χ4n) is 1.69. The van der Waals surface area contributed by atoms with Crippen molar-refractivity contribution in [2.75, 3.05) is 13.1 Å². The summed E-state index contributed by atoms with van der Waals surface area (Å²) in [6.07, 6.45) is 0. The van der Waals surface area contributed by atoms with Crippen LogP contribution in [0.1, 0.15) is 17.3 Å². The van der Waals surface area contributed by atoms with Crippen LogP contribution in [-0.2, 0) is 10.0 Å². The van der Waals surface area contributed by atoms with E-state index in [2.05, 4.69) is 0 Å². The highest BCUT2D eigenvalue weighted by Crippen LogP contribution is 2.21. The summed E-state index contributed by atoms with van der Waals surface area (Å²) in [6.45, 7) is 2.09. The summed E-state index contributed by atoms with van der Waals surface area (Å²) in [5.41, 5.74) is 5.96. The highest BCUT2D eigenvalue weighted by atomic mass is 32.2. The zero-order valence-corrected chi connectivity index (χ0v) is 10.3. The van der Waals surface area contributed by atoms with Crippen molar-refractivity contribution in [2.45, 2.75) is 17.9 Å². The summed E-state index contributed by atoms with van der Waals surface area (Å²) >= 11 is 0. The van der Waals surface area contributed by atoms with Gasteiger partial charge in [-0.2, -0.15) is 4.31 Å². The first-order valence-corrected chi connectivity index (χ1v) is 6.72. The molecular formula is C11H14N2O3S. The number of carbonyl (C=O) groups is 1. The fourth-order valence-corrected chi connectivity index (χ4v) is 3.29. The average molecular weight is 254 g/mol. The van der Waals surface area contributed by atoms with Crippen molar-refractivity contribution in [2.24, 2.45) is 5.73 Å². The molecule has 92 valence electrons. The monoisotopic (exact) mass is 254 g/mol. The summed E-state index contributed by atoms with van der Waals surface area (Å²) < 4.78 is 25.5. The Labute approximate surface area is 100 Å². The Morgan fingerprint density at radius 2 is 2.06 bits per heavy atom. The molecule has 1 aromatic carbocycles. The molecular weight excluding hydrogens is 240 g/mol. The predicted octanol–water partition coefficient (Wildman–Crippen LogP) is 0.221. The quantitative estimate of drug-likeness (QED) is 0.782. The molecule has 0 aromatic heterocycles. The first-order chi connectivity index (χ1) is 7.91. The highest BCUT2D eigenvalue weighted by molar-refractivity contribution is 7.89. The van der Waals surface area contributed by atoms with Crippen LogP contribution in [0.25, 0.3) is 0 Å². The van der Waals surface area contributed by atoms with E-state index in [0.29, 0.717) is 18.7 Å². The molecule has 0 spiro atoms. The Bertz CT molecular complexity index is 548. The lowest BCUT2D eigenvalue weighted by molar-refractivity contribution is 0.101. The van der Waals surface area contributed by atoms with Crippen LogP contribution in [-0.4, -0.2) is 37.6 Å².